The smallest absolute Gasteiger partial charge is 0.0705 e. The summed E-state index contributed by atoms with van der Waals surface area (Å²) in [4.78, 5) is 0. The van der Waals surface area contributed by atoms with Gasteiger partial charge in [0.25, 0.3) is 0 Å². The lowest BCUT2D eigenvalue weighted by Crippen LogP contribution is -2.51. The lowest BCUT2D eigenvalue weighted by atomic mass is 9.64. The van der Waals surface area contributed by atoms with Crippen molar-refractivity contribution in [2.24, 2.45) is 16.7 Å². The zero-order valence-electron chi connectivity index (χ0n) is 8.96. The molecule has 76 valence electrons. The van der Waals surface area contributed by atoms with Crippen molar-refractivity contribution in [3.05, 3.63) is 0 Å². The molecule has 2 N–H and O–H groups in total. The van der Waals surface area contributed by atoms with Crippen LogP contribution in [0.25, 0.3) is 0 Å². The van der Waals surface area contributed by atoms with E-state index in [-0.39, 0.29) is 16.9 Å². The maximum atomic E-state index is 10.3. The molecule has 2 saturated carbocycles. The van der Waals surface area contributed by atoms with Gasteiger partial charge >= 0.3 is 0 Å². The first-order chi connectivity index (χ1) is 5.73. The molecule has 2 aliphatic carbocycles. The Labute approximate surface area is 80.0 Å². The minimum atomic E-state index is -0.696. The zero-order chi connectivity index (χ0) is 10.1. The zero-order valence-corrected chi connectivity index (χ0v) is 8.96. The van der Waals surface area contributed by atoms with E-state index in [2.05, 4.69) is 13.8 Å². The van der Waals surface area contributed by atoms with Crippen molar-refractivity contribution in [3.63, 3.8) is 0 Å². The van der Waals surface area contributed by atoms with Crippen LogP contribution < -0.4 is 0 Å². The minimum absolute atomic E-state index is 0.0654. The van der Waals surface area contributed by atoms with Crippen LogP contribution in [0.1, 0.15) is 40.5 Å². The highest BCUT2D eigenvalue weighted by molar-refractivity contribution is 5.19. The van der Waals surface area contributed by atoms with E-state index < -0.39 is 5.60 Å². The summed E-state index contributed by atoms with van der Waals surface area (Å²) in [6.45, 7) is 8.26. The van der Waals surface area contributed by atoms with Crippen LogP contribution >= 0.6 is 0 Å². The molecule has 0 spiro atoms. The molecule has 4 atom stereocenters. The number of hydrogen-bond donors (Lipinski definition) is 2. The second kappa shape index (κ2) is 2.12. The van der Waals surface area contributed by atoms with E-state index in [0.29, 0.717) is 5.92 Å². The van der Waals surface area contributed by atoms with Crippen LogP contribution in [0.3, 0.4) is 0 Å². The number of rotatable bonds is 0. The van der Waals surface area contributed by atoms with Gasteiger partial charge in [0.05, 0.1) is 11.7 Å². The number of aliphatic hydroxyl groups is 2. The fraction of sp³-hybridized carbons (Fsp3) is 1.00. The molecule has 0 amide bonds. The van der Waals surface area contributed by atoms with Gasteiger partial charge in [0.2, 0.25) is 0 Å². The summed E-state index contributed by atoms with van der Waals surface area (Å²) in [6.07, 6.45) is 1.36. The van der Waals surface area contributed by atoms with Gasteiger partial charge in [-0.1, -0.05) is 20.8 Å². The quantitative estimate of drug-likeness (QED) is 0.599. The van der Waals surface area contributed by atoms with Gasteiger partial charge in [0.15, 0.2) is 0 Å². The fourth-order valence-corrected chi connectivity index (χ4v) is 3.74. The summed E-state index contributed by atoms with van der Waals surface area (Å²) in [5.41, 5.74) is -0.959. The molecule has 2 aliphatic rings. The molecule has 0 unspecified atom stereocenters. The lowest BCUT2D eigenvalue weighted by Gasteiger charge is -2.45. The number of aliphatic hydroxyl groups excluding tert-OH is 1. The fourth-order valence-electron chi connectivity index (χ4n) is 3.74. The van der Waals surface area contributed by atoms with E-state index in [1.165, 1.54) is 0 Å². The predicted octanol–water partition coefficient (Wildman–Crippen LogP) is 1.55. The van der Waals surface area contributed by atoms with Crippen LogP contribution in [-0.4, -0.2) is 21.9 Å². The van der Waals surface area contributed by atoms with E-state index >= 15 is 0 Å². The molecule has 0 aromatic rings. The average Bonchev–Trinajstić information content (AvgIpc) is 2.18. The van der Waals surface area contributed by atoms with Gasteiger partial charge in [-0.25, -0.2) is 0 Å². The predicted molar refractivity (Wildman–Crippen MR) is 51.2 cm³/mol. The molecule has 2 nitrogen and oxygen atoms in total. The topological polar surface area (TPSA) is 40.5 Å². The Morgan fingerprint density at radius 3 is 1.92 bits per heavy atom. The normalized spacial score (nSPS) is 58.6. The SMILES string of the molecule is CC1(C)[C@@H]2C[C@H](O)[C@]1(C)[C@](C)(O)C2. The van der Waals surface area contributed by atoms with Crippen LogP contribution in [0, 0.1) is 16.7 Å². The molecule has 0 saturated heterocycles. The molecule has 13 heavy (non-hydrogen) atoms. The second-order valence-electron chi connectivity index (χ2n) is 5.85. The Morgan fingerprint density at radius 1 is 1.15 bits per heavy atom. The van der Waals surface area contributed by atoms with Gasteiger partial charge in [-0.3, -0.25) is 0 Å². The van der Waals surface area contributed by atoms with E-state index in [9.17, 15) is 10.2 Å². The van der Waals surface area contributed by atoms with Crippen LogP contribution in [0.15, 0.2) is 0 Å². The van der Waals surface area contributed by atoms with Crippen LogP contribution in [0.5, 0.6) is 0 Å². The van der Waals surface area contributed by atoms with Gasteiger partial charge in [0.1, 0.15) is 0 Å². The van der Waals surface area contributed by atoms with E-state index in [4.69, 9.17) is 0 Å². The van der Waals surface area contributed by atoms with Crippen molar-refractivity contribution in [1.82, 2.24) is 0 Å². The second-order valence-corrected chi connectivity index (χ2v) is 5.85. The Morgan fingerprint density at radius 2 is 1.69 bits per heavy atom. The van der Waals surface area contributed by atoms with E-state index in [0.717, 1.165) is 12.8 Å². The lowest BCUT2D eigenvalue weighted by molar-refractivity contribution is -0.133. The summed E-state index contributed by atoms with van der Waals surface area (Å²) >= 11 is 0. The molecule has 2 bridgehead atoms. The average molecular weight is 184 g/mol. The Kier molecular flexibility index (Phi) is 1.54. The maximum Gasteiger partial charge on any atom is 0.0705 e. The third kappa shape index (κ3) is 0.774. The van der Waals surface area contributed by atoms with Gasteiger partial charge in [-0.05, 0) is 31.1 Å². The number of fused-ring (bicyclic) bond motifs is 2. The highest BCUT2D eigenvalue weighted by Crippen LogP contribution is 2.69. The first kappa shape index (κ1) is 9.47. The number of hydrogen-bond acceptors (Lipinski definition) is 2. The molecule has 0 aromatic carbocycles. The first-order valence-corrected chi connectivity index (χ1v) is 5.14. The summed E-state index contributed by atoms with van der Waals surface area (Å²) in [7, 11) is 0. The molecule has 0 aromatic heterocycles. The summed E-state index contributed by atoms with van der Waals surface area (Å²) in [5, 5.41) is 20.3. The third-order valence-corrected chi connectivity index (χ3v) is 5.30. The van der Waals surface area contributed by atoms with Gasteiger partial charge in [-0.2, -0.15) is 0 Å². The van der Waals surface area contributed by atoms with Gasteiger partial charge in [0, 0.05) is 5.41 Å². The molecule has 0 aliphatic heterocycles. The highest BCUT2D eigenvalue weighted by atomic mass is 16.3. The Bertz CT molecular complexity index is 244. The van der Waals surface area contributed by atoms with Crippen molar-refractivity contribution in [3.8, 4) is 0 Å². The standard InChI is InChI=1S/C11H20O2/c1-9(2)7-5-8(12)11(9,4)10(3,13)6-7/h7-8,12-13H,5-6H2,1-4H3/t7-,8+,10-,11+/m1/s1. The highest BCUT2D eigenvalue weighted by Gasteiger charge is 2.70. The minimum Gasteiger partial charge on any atom is -0.392 e. The molecule has 0 radical (unpaired) electrons. The van der Waals surface area contributed by atoms with E-state index in [1.807, 2.05) is 13.8 Å². The van der Waals surface area contributed by atoms with Crippen LogP contribution in [0.2, 0.25) is 0 Å². The van der Waals surface area contributed by atoms with Crippen LogP contribution in [0.4, 0.5) is 0 Å². The van der Waals surface area contributed by atoms with Crippen molar-refractivity contribution >= 4 is 0 Å². The Hall–Kier alpha value is -0.0800. The molecule has 2 fully saturated rings. The summed E-state index contributed by atoms with van der Waals surface area (Å²) < 4.78 is 0. The monoisotopic (exact) mass is 184 g/mol. The third-order valence-electron chi connectivity index (χ3n) is 5.30. The van der Waals surface area contributed by atoms with Gasteiger partial charge < -0.3 is 10.2 Å². The largest absolute Gasteiger partial charge is 0.392 e. The van der Waals surface area contributed by atoms with Crippen LogP contribution in [-0.2, 0) is 0 Å². The van der Waals surface area contributed by atoms with E-state index in [1.54, 1.807) is 0 Å². The first-order valence-electron chi connectivity index (χ1n) is 5.14. The Balaban J connectivity index is 2.52. The summed E-state index contributed by atoms with van der Waals surface area (Å²) in [5.74, 6) is 0.475. The van der Waals surface area contributed by atoms with Crippen molar-refractivity contribution < 1.29 is 10.2 Å². The summed E-state index contributed by atoms with van der Waals surface area (Å²) in [6, 6.07) is 0. The molecular formula is C11H20O2. The van der Waals surface area contributed by atoms with Gasteiger partial charge in [-0.15, -0.1) is 0 Å². The van der Waals surface area contributed by atoms with Crippen molar-refractivity contribution in [2.75, 3.05) is 0 Å². The van der Waals surface area contributed by atoms with Crippen molar-refractivity contribution in [2.45, 2.75) is 52.2 Å². The molecule has 2 heteroatoms. The molecular weight excluding hydrogens is 164 g/mol. The molecule has 0 heterocycles. The van der Waals surface area contributed by atoms with Crippen molar-refractivity contribution in [1.29, 1.82) is 0 Å². The molecule has 2 rings (SSSR count). The maximum absolute atomic E-state index is 10.3.